The monoisotopic (exact) mass is 416 g/mol. The van der Waals surface area contributed by atoms with Gasteiger partial charge in [-0.15, -0.1) is 12.4 Å². The Labute approximate surface area is 178 Å². The van der Waals surface area contributed by atoms with Gasteiger partial charge < -0.3 is 20.9 Å². The highest BCUT2D eigenvalue weighted by molar-refractivity contribution is 5.92. The van der Waals surface area contributed by atoms with Crippen molar-refractivity contribution in [3.8, 4) is 0 Å². The van der Waals surface area contributed by atoms with E-state index in [0.29, 0.717) is 18.8 Å². The van der Waals surface area contributed by atoms with Crippen LogP contribution in [0.5, 0.6) is 0 Å². The quantitative estimate of drug-likeness (QED) is 0.700. The van der Waals surface area contributed by atoms with E-state index in [2.05, 4.69) is 47.1 Å². The van der Waals surface area contributed by atoms with Gasteiger partial charge in [0.2, 0.25) is 5.91 Å². The SMILES string of the molecule is CCc1ccc(C2CNCCN2C(=O)CNC(=O)Nc2cccc(C)c2)cc1.Cl. The Hall–Kier alpha value is -2.57. The highest BCUT2D eigenvalue weighted by Gasteiger charge is 2.27. The molecular formula is C22H29ClN4O2. The number of aryl methyl sites for hydroxylation is 2. The van der Waals surface area contributed by atoms with Crippen molar-refractivity contribution >= 4 is 30.0 Å². The second-order valence-corrected chi connectivity index (χ2v) is 7.08. The molecule has 0 aliphatic carbocycles. The second kappa shape index (κ2) is 10.8. The standard InChI is InChI=1S/C22H28N4O2.ClH/c1-3-17-7-9-18(10-8-17)20-14-23-11-12-26(20)21(27)15-24-22(28)25-19-6-4-5-16(2)13-19;/h4-10,13,20,23H,3,11-12,14-15H2,1-2H3,(H2,24,25,28);1H. The Kier molecular flexibility index (Phi) is 8.49. The fourth-order valence-electron chi connectivity index (χ4n) is 3.43. The van der Waals surface area contributed by atoms with E-state index in [9.17, 15) is 9.59 Å². The van der Waals surface area contributed by atoms with Crippen LogP contribution >= 0.6 is 12.4 Å². The van der Waals surface area contributed by atoms with Crippen molar-refractivity contribution in [2.45, 2.75) is 26.3 Å². The van der Waals surface area contributed by atoms with Gasteiger partial charge >= 0.3 is 6.03 Å². The topological polar surface area (TPSA) is 73.5 Å². The van der Waals surface area contributed by atoms with Crippen LogP contribution in [0.1, 0.15) is 29.7 Å². The van der Waals surface area contributed by atoms with Crippen LogP contribution in [0, 0.1) is 6.92 Å². The maximum absolute atomic E-state index is 12.8. The number of amides is 3. The number of rotatable bonds is 5. The predicted octanol–water partition coefficient (Wildman–Crippen LogP) is 3.27. The molecule has 3 amide bonds. The number of hydrogen-bond donors (Lipinski definition) is 3. The van der Waals surface area contributed by atoms with Gasteiger partial charge in [0.15, 0.2) is 0 Å². The van der Waals surface area contributed by atoms with Crippen LogP contribution in [-0.2, 0) is 11.2 Å². The number of halogens is 1. The molecule has 3 rings (SSSR count). The van der Waals surface area contributed by atoms with E-state index in [0.717, 1.165) is 24.1 Å². The summed E-state index contributed by atoms with van der Waals surface area (Å²) in [6, 6.07) is 15.6. The molecule has 1 saturated heterocycles. The Bertz CT molecular complexity index is 826. The van der Waals surface area contributed by atoms with Gasteiger partial charge in [0.05, 0.1) is 12.6 Å². The van der Waals surface area contributed by atoms with Crippen molar-refractivity contribution in [3.05, 3.63) is 65.2 Å². The molecule has 7 heteroatoms. The molecule has 3 N–H and O–H groups in total. The van der Waals surface area contributed by atoms with Gasteiger partial charge in [-0.2, -0.15) is 0 Å². The van der Waals surface area contributed by atoms with E-state index in [1.807, 2.05) is 36.1 Å². The largest absolute Gasteiger partial charge is 0.332 e. The number of anilines is 1. The molecule has 0 radical (unpaired) electrons. The number of carbonyl (C=O) groups excluding carboxylic acids is 2. The van der Waals surface area contributed by atoms with Crippen LogP contribution in [0.15, 0.2) is 48.5 Å². The third kappa shape index (κ3) is 6.21. The van der Waals surface area contributed by atoms with Crippen molar-refractivity contribution in [1.82, 2.24) is 15.5 Å². The molecule has 6 nitrogen and oxygen atoms in total. The minimum absolute atomic E-state index is 0. The molecule has 2 aromatic rings. The number of nitrogens with one attached hydrogen (secondary N) is 3. The predicted molar refractivity (Wildman–Crippen MR) is 119 cm³/mol. The van der Waals surface area contributed by atoms with Gasteiger partial charge in [0.25, 0.3) is 0 Å². The molecule has 0 spiro atoms. The summed E-state index contributed by atoms with van der Waals surface area (Å²) in [4.78, 5) is 26.8. The molecular weight excluding hydrogens is 388 g/mol. The van der Waals surface area contributed by atoms with Crippen molar-refractivity contribution in [1.29, 1.82) is 0 Å². The van der Waals surface area contributed by atoms with Gasteiger partial charge in [0.1, 0.15) is 0 Å². The Morgan fingerprint density at radius 1 is 1.17 bits per heavy atom. The number of urea groups is 1. The Morgan fingerprint density at radius 3 is 2.62 bits per heavy atom. The van der Waals surface area contributed by atoms with E-state index < -0.39 is 0 Å². The summed E-state index contributed by atoms with van der Waals surface area (Å²) < 4.78 is 0. The molecule has 0 saturated carbocycles. The zero-order valence-corrected chi connectivity index (χ0v) is 17.7. The fraction of sp³-hybridized carbons (Fsp3) is 0.364. The first kappa shape index (κ1) is 22.7. The highest BCUT2D eigenvalue weighted by Crippen LogP contribution is 2.23. The lowest BCUT2D eigenvalue weighted by atomic mass is 10.0. The van der Waals surface area contributed by atoms with Gasteiger partial charge in [-0.05, 0) is 42.2 Å². The Balaban J connectivity index is 0.00000300. The van der Waals surface area contributed by atoms with Crippen LogP contribution in [0.3, 0.4) is 0 Å². The van der Waals surface area contributed by atoms with Gasteiger partial charge in [-0.3, -0.25) is 4.79 Å². The van der Waals surface area contributed by atoms with Crippen LogP contribution in [0.2, 0.25) is 0 Å². The summed E-state index contributed by atoms with van der Waals surface area (Å²) in [6.45, 7) is 6.16. The first-order valence-corrected chi connectivity index (χ1v) is 9.77. The van der Waals surface area contributed by atoms with Crippen molar-refractivity contribution in [3.63, 3.8) is 0 Å². The number of benzene rings is 2. The zero-order chi connectivity index (χ0) is 19.9. The first-order chi connectivity index (χ1) is 13.6. The van der Waals surface area contributed by atoms with Crippen molar-refractivity contribution in [2.24, 2.45) is 0 Å². The van der Waals surface area contributed by atoms with Gasteiger partial charge in [0, 0.05) is 25.3 Å². The minimum Gasteiger partial charge on any atom is -0.332 e. The third-order valence-electron chi connectivity index (χ3n) is 5.01. The van der Waals surface area contributed by atoms with Crippen LogP contribution in [-0.4, -0.2) is 43.0 Å². The molecule has 0 aromatic heterocycles. The van der Waals surface area contributed by atoms with Crippen molar-refractivity contribution in [2.75, 3.05) is 31.5 Å². The normalized spacial score (nSPS) is 15.9. The summed E-state index contributed by atoms with van der Waals surface area (Å²) in [7, 11) is 0. The molecule has 1 aliphatic rings. The molecule has 1 heterocycles. The Morgan fingerprint density at radius 2 is 1.93 bits per heavy atom. The molecule has 1 atom stereocenters. The number of piperazine rings is 1. The van der Waals surface area contributed by atoms with E-state index in [1.54, 1.807) is 0 Å². The molecule has 1 fully saturated rings. The van der Waals surface area contributed by atoms with Crippen LogP contribution in [0.4, 0.5) is 10.5 Å². The molecule has 29 heavy (non-hydrogen) atoms. The number of hydrogen-bond acceptors (Lipinski definition) is 3. The van der Waals surface area contributed by atoms with E-state index >= 15 is 0 Å². The summed E-state index contributed by atoms with van der Waals surface area (Å²) >= 11 is 0. The molecule has 1 aliphatic heterocycles. The zero-order valence-electron chi connectivity index (χ0n) is 16.9. The summed E-state index contributed by atoms with van der Waals surface area (Å²) in [5.74, 6) is -0.0783. The summed E-state index contributed by atoms with van der Waals surface area (Å²) in [5.41, 5.74) is 4.16. The van der Waals surface area contributed by atoms with E-state index in [4.69, 9.17) is 0 Å². The molecule has 156 valence electrons. The molecule has 2 aromatic carbocycles. The van der Waals surface area contributed by atoms with Crippen molar-refractivity contribution < 1.29 is 9.59 Å². The van der Waals surface area contributed by atoms with E-state index in [-0.39, 0.29) is 36.9 Å². The lowest BCUT2D eigenvalue weighted by Gasteiger charge is -2.36. The fourth-order valence-corrected chi connectivity index (χ4v) is 3.43. The number of nitrogens with zero attached hydrogens (tertiary/aromatic N) is 1. The van der Waals surface area contributed by atoms with E-state index in [1.165, 1.54) is 5.56 Å². The maximum atomic E-state index is 12.8. The van der Waals surface area contributed by atoms with Gasteiger partial charge in [-0.25, -0.2) is 4.79 Å². The maximum Gasteiger partial charge on any atom is 0.319 e. The minimum atomic E-state index is -0.377. The summed E-state index contributed by atoms with van der Waals surface area (Å²) in [5, 5.41) is 8.80. The average molecular weight is 417 g/mol. The van der Waals surface area contributed by atoms with Gasteiger partial charge in [-0.1, -0.05) is 43.3 Å². The highest BCUT2D eigenvalue weighted by atomic mass is 35.5. The van der Waals surface area contributed by atoms with Crippen LogP contribution < -0.4 is 16.0 Å². The summed E-state index contributed by atoms with van der Waals surface area (Å²) in [6.07, 6.45) is 0.992. The second-order valence-electron chi connectivity index (χ2n) is 7.08. The lowest BCUT2D eigenvalue weighted by molar-refractivity contribution is -0.133. The lowest BCUT2D eigenvalue weighted by Crippen LogP contribution is -2.51. The smallest absolute Gasteiger partial charge is 0.319 e. The van der Waals surface area contributed by atoms with Crippen LogP contribution in [0.25, 0.3) is 0 Å². The molecule has 1 unspecified atom stereocenters. The molecule has 0 bridgehead atoms. The third-order valence-corrected chi connectivity index (χ3v) is 5.01. The first-order valence-electron chi connectivity index (χ1n) is 9.77. The number of carbonyl (C=O) groups is 2. The average Bonchev–Trinajstić information content (AvgIpc) is 2.72.